The zero-order valence-corrected chi connectivity index (χ0v) is 17.8. The molecule has 28 heavy (non-hydrogen) atoms. The van der Waals surface area contributed by atoms with Crippen molar-refractivity contribution in [1.82, 2.24) is 14.7 Å². The van der Waals surface area contributed by atoms with E-state index in [0.29, 0.717) is 19.7 Å². The highest BCUT2D eigenvalue weighted by atomic mass is 16.5. The summed E-state index contributed by atoms with van der Waals surface area (Å²) >= 11 is 0. The van der Waals surface area contributed by atoms with Crippen molar-refractivity contribution in [2.45, 2.75) is 52.5 Å². The number of carbonyl (C=O) groups excluding carboxylic acids is 1. The van der Waals surface area contributed by atoms with Crippen LogP contribution in [0.3, 0.4) is 0 Å². The van der Waals surface area contributed by atoms with E-state index in [4.69, 9.17) is 9.47 Å². The zero-order valence-electron chi connectivity index (χ0n) is 17.8. The minimum absolute atomic E-state index is 0.0647. The molecule has 0 aromatic heterocycles. The fourth-order valence-electron chi connectivity index (χ4n) is 4.20. The quantitative estimate of drug-likeness (QED) is 0.747. The number of amides is 1. The lowest BCUT2D eigenvalue weighted by molar-refractivity contribution is -0.148. The van der Waals surface area contributed by atoms with Crippen molar-refractivity contribution >= 4 is 5.91 Å². The molecule has 0 saturated carbocycles. The Bertz CT molecular complexity index is 618. The standard InChI is InChI=1S/C22H35N3O3/c1-5-27-21-8-6-20(7-9-21)16-23-10-12-24(13-11-23)19(4)22(26)25-14-17(2)28-18(3)15-25/h6-9,17-19H,5,10-16H2,1-4H3. The van der Waals surface area contributed by atoms with E-state index in [-0.39, 0.29) is 24.2 Å². The molecule has 0 bridgehead atoms. The summed E-state index contributed by atoms with van der Waals surface area (Å²) in [6.07, 6.45) is 0.233. The molecule has 3 atom stereocenters. The van der Waals surface area contributed by atoms with E-state index in [9.17, 15) is 4.79 Å². The SMILES string of the molecule is CCOc1ccc(CN2CCN(C(C)C(=O)N3CC(C)OC(C)C3)CC2)cc1. The zero-order chi connectivity index (χ0) is 20.1. The molecule has 2 aliphatic heterocycles. The first kappa shape index (κ1) is 21.1. The van der Waals surface area contributed by atoms with E-state index >= 15 is 0 Å². The highest BCUT2D eigenvalue weighted by molar-refractivity contribution is 5.81. The number of carbonyl (C=O) groups is 1. The van der Waals surface area contributed by atoms with Crippen molar-refractivity contribution in [2.24, 2.45) is 0 Å². The van der Waals surface area contributed by atoms with Crippen molar-refractivity contribution in [1.29, 1.82) is 0 Å². The van der Waals surface area contributed by atoms with Crippen LogP contribution in [0.2, 0.25) is 0 Å². The molecule has 6 heteroatoms. The van der Waals surface area contributed by atoms with Crippen LogP contribution in [0.25, 0.3) is 0 Å². The van der Waals surface area contributed by atoms with E-state index in [1.54, 1.807) is 0 Å². The first-order chi connectivity index (χ1) is 13.5. The van der Waals surface area contributed by atoms with Gasteiger partial charge in [-0.1, -0.05) is 12.1 Å². The summed E-state index contributed by atoms with van der Waals surface area (Å²) in [6, 6.07) is 8.31. The predicted molar refractivity (Wildman–Crippen MR) is 111 cm³/mol. The summed E-state index contributed by atoms with van der Waals surface area (Å²) in [5.74, 6) is 1.16. The van der Waals surface area contributed by atoms with Crippen molar-refractivity contribution in [3.05, 3.63) is 29.8 Å². The summed E-state index contributed by atoms with van der Waals surface area (Å²) in [6.45, 7) is 15.0. The van der Waals surface area contributed by atoms with Gasteiger partial charge in [0.1, 0.15) is 5.75 Å². The van der Waals surface area contributed by atoms with Crippen LogP contribution in [0.15, 0.2) is 24.3 Å². The first-order valence-electron chi connectivity index (χ1n) is 10.6. The van der Waals surface area contributed by atoms with E-state index in [0.717, 1.165) is 38.5 Å². The Balaban J connectivity index is 1.47. The fraction of sp³-hybridized carbons (Fsp3) is 0.682. The smallest absolute Gasteiger partial charge is 0.239 e. The molecular formula is C22H35N3O3. The van der Waals surface area contributed by atoms with Crippen molar-refractivity contribution in [3.63, 3.8) is 0 Å². The number of rotatable bonds is 6. The highest BCUT2D eigenvalue weighted by Gasteiger charge is 2.32. The molecule has 0 radical (unpaired) electrons. The minimum Gasteiger partial charge on any atom is -0.494 e. The number of morpholine rings is 1. The third kappa shape index (κ3) is 5.46. The number of piperazine rings is 1. The molecule has 2 saturated heterocycles. The molecule has 1 aromatic rings. The second kappa shape index (κ2) is 9.72. The molecule has 3 rings (SSSR count). The lowest BCUT2D eigenvalue weighted by atomic mass is 10.1. The van der Waals surface area contributed by atoms with Gasteiger partial charge < -0.3 is 14.4 Å². The van der Waals surface area contributed by atoms with Gasteiger partial charge in [0.25, 0.3) is 0 Å². The maximum Gasteiger partial charge on any atom is 0.239 e. The molecule has 2 aliphatic rings. The van der Waals surface area contributed by atoms with Crippen LogP contribution in [-0.4, -0.2) is 84.7 Å². The fourth-order valence-corrected chi connectivity index (χ4v) is 4.20. The number of hydrogen-bond acceptors (Lipinski definition) is 5. The monoisotopic (exact) mass is 389 g/mol. The van der Waals surface area contributed by atoms with Gasteiger partial charge in [-0.15, -0.1) is 0 Å². The van der Waals surface area contributed by atoms with Gasteiger partial charge in [0.15, 0.2) is 0 Å². The van der Waals surface area contributed by atoms with E-state index < -0.39 is 0 Å². The predicted octanol–water partition coefficient (Wildman–Crippen LogP) is 2.23. The van der Waals surface area contributed by atoms with Gasteiger partial charge in [0.2, 0.25) is 5.91 Å². The van der Waals surface area contributed by atoms with E-state index in [1.807, 2.05) is 37.8 Å². The normalized spacial score (nSPS) is 25.5. The van der Waals surface area contributed by atoms with E-state index in [1.165, 1.54) is 5.56 Å². The summed E-state index contributed by atoms with van der Waals surface area (Å²) in [7, 11) is 0. The highest BCUT2D eigenvalue weighted by Crippen LogP contribution is 2.17. The second-order valence-electron chi connectivity index (χ2n) is 8.07. The minimum atomic E-state index is -0.0647. The van der Waals surface area contributed by atoms with Crippen molar-refractivity contribution in [2.75, 3.05) is 45.9 Å². The van der Waals surface area contributed by atoms with Gasteiger partial charge in [-0.25, -0.2) is 0 Å². The third-order valence-electron chi connectivity index (χ3n) is 5.68. The number of ether oxygens (including phenoxy) is 2. The van der Waals surface area contributed by atoms with E-state index in [2.05, 4.69) is 28.9 Å². The summed E-state index contributed by atoms with van der Waals surface area (Å²) in [5, 5.41) is 0. The molecule has 2 heterocycles. The Morgan fingerprint density at radius 3 is 2.29 bits per heavy atom. The Morgan fingerprint density at radius 2 is 1.71 bits per heavy atom. The Kier molecular flexibility index (Phi) is 7.32. The molecule has 0 spiro atoms. The van der Waals surface area contributed by atoms with Crippen LogP contribution in [0.5, 0.6) is 5.75 Å². The van der Waals surface area contributed by atoms with Gasteiger partial charge >= 0.3 is 0 Å². The number of benzene rings is 1. The van der Waals surface area contributed by atoms with Crippen LogP contribution in [0.4, 0.5) is 0 Å². The third-order valence-corrected chi connectivity index (χ3v) is 5.68. The Hall–Kier alpha value is -1.63. The molecule has 3 unspecified atom stereocenters. The Morgan fingerprint density at radius 1 is 1.11 bits per heavy atom. The number of hydrogen-bond donors (Lipinski definition) is 0. The summed E-state index contributed by atoms with van der Waals surface area (Å²) in [4.78, 5) is 19.7. The van der Waals surface area contributed by atoms with Crippen LogP contribution < -0.4 is 4.74 Å². The molecule has 2 fully saturated rings. The van der Waals surface area contributed by atoms with Gasteiger partial charge in [0.05, 0.1) is 24.9 Å². The van der Waals surface area contributed by atoms with Gasteiger partial charge in [0, 0.05) is 45.8 Å². The van der Waals surface area contributed by atoms with Gasteiger partial charge in [-0.3, -0.25) is 14.6 Å². The van der Waals surface area contributed by atoms with Crippen molar-refractivity contribution in [3.8, 4) is 5.75 Å². The second-order valence-corrected chi connectivity index (χ2v) is 8.07. The van der Waals surface area contributed by atoms with Crippen LogP contribution in [0, 0.1) is 0 Å². The summed E-state index contributed by atoms with van der Waals surface area (Å²) in [5.41, 5.74) is 1.30. The van der Waals surface area contributed by atoms with Crippen LogP contribution in [0.1, 0.15) is 33.3 Å². The largest absolute Gasteiger partial charge is 0.494 e. The molecule has 156 valence electrons. The van der Waals surface area contributed by atoms with Crippen molar-refractivity contribution < 1.29 is 14.3 Å². The topological polar surface area (TPSA) is 45.2 Å². The molecular weight excluding hydrogens is 354 g/mol. The van der Waals surface area contributed by atoms with Gasteiger partial charge in [-0.2, -0.15) is 0 Å². The summed E-state index contributed by atoms with van der Waals surface area (Å²) < 4.78 is 11.3. The lowest BCUT2D eigenvalue weighted by Crippen LogP contribution is -2.57. The van der Waals surface area contributed by atoms with Crippen LogP contribution in [-0.2, 0) is 16.1 Å². The molecule has 6 nitrogen and oxygen atoms in total. The average molecular weight is 390 g/mol. The maximum absolute atomic E-state index is 12.9. The first-order valence-corrected chi connectivity index (χ1v) is 10.6. The Labute approximate surface area is 169 Å². The molecule has 1 amide bonds. The molecule has 1 aromatic carbocycles. The average Bonchev–Trinajstić information content (AvgIpc) is 2.68. The molecule has 0 N–H and O–H groups in total. The van der Waals surface area contributed by atoms with Crippen LogP contribution >= 0.6 is 0 Å². The van der Waals surface area contributed by atoms with Gasteiger partial charge in [-0.05, 0) is 45.4 Å². The maximum atomic E-state index is 12.9. The number of nitrogens with zero attached hydrogens (tertiary/aromatic N) is 3. The molecule has 0 aliphatic carbocycles. The lowest BCUT2D eigenvalue weighted by Gasteiger charge is -2.41.